The molecule has 0 bridgehead atoms. The molecule has 4 nitrogen and oxygen atoms in total. The summed E-state index contributed by atoms with van der Waals surface area (Å²) in [5.74, 6) is -0.711. The zero-order chi connectivity index (χ0) is 40.7. The molecule has 324 valence electrons. The minimum Gasteiger partial charge on any atom is -0.481 e. The van der Waals surface area contributed by atoms with E-state index < -0.39 is 5.97 Å². The highest BCUT2D eigenvalue weighted by molar-refractivity contribution is 5.69. The average molecular weight is 781 g/mol. The summed E-state index contributed by atoms with van der Waals surface area (Å²) in [5.41, 5.74) is 0. The molecule has 0 saturated carbocycles. The van der Waals surface area contributed by atoms with Gasteiger partial charge in [-0.1, -0.05) is 197 Å². The number of hydrogen-bond acceptors (Lipinski definition) is 3. The number of rotatable bonds is 44. The molecular weight excluding hydrogens is 689 g/mol. The van der Waals surface area contributed by atoms with Gasteiger partial charge in [0.2, 0.25) is 0 Å². The highest BCUT2D eigenvalue weighted by Crippen LogP contribution is 2.19. The SMILES string of the molecule is CC/C=C\C/C=C\C/C=C\C/C=C\CCCCCCCCCCCCC(=O)OC(CCCCC/C=C\CCCCCCCCCC)CCCCCCCC(=O)O. The Balaban J connectivity index is 3.98. The van der Waals surface area contributed by atoms with E-state index in [9.17, 15) is 9.59 Å². The molecule has 0 amide bonds. The van der Waals surface area contributed by atoms with Gasteiger partial charge in [-0.25, -0.2) is 0 Å². The number of unbranched alkanes of at least 4 members (excludes halogenated alkanes) is 25. The van der Waals surface area contributed by atoms with Crippen molar-refractivity contribution in [2.24, 2.45) is 0 Å². The van der Waals surface area contributed by atoms with Crippen LogP contribution in [0.15, 0.2) is 60.8 Å². The highest BCUT2D eigenvalue weighted by Gasteiger charge is 2.14. The summed E-state index contributed by atoms with van der Waals surface area (Å²) in [7, 11) is 0. The van der Waals surface area contributed by atoms with Crippen LogP contribution in [0.3, 0.4) is 0 Å². The van der Waals surface area contributed by atoms with Crippen molar-refractivity contribution >= 4 is 11.9 Å². The number of carbonyl (C=O) groups is 2. The molecule has 1 unspecified atom stereocenters. The molecule has 0 heterocycles. The Morgan fingerprint density at radius 2 is 0.750 bits per heavy atom. The van der Waals surface area contributed by atoms with E-state index >= 15 is 0 Å². The summed E-state index contributed by atoms with van der Waals surface area (Å²) in [4.78, 5) is 23.5. The second-order valence-corrected chi connectivity index (χ2v) is 16.3. The van der Waals surface area contributed by atoms with Crippen LogP contribution in [0.25, 0.3) is 0 Å². The number of carboxylic acids is 1. The third kappa shape index (κ3) is 46.0. The van der Waals surface area contributed by atoms with Crippen molar-refractivity contribution in [1.82, 2.24) is 0 Å². The molecule has 0 spiro atoms. The van der Waals surface area contributed by atoms with Crippen molar-refractivity contribution in [2.75, 3.05) is 0 Å². The highest BCUT2D eigenvalue weighted by atomic mass is 16.5. The molecule has 0 fully saturated rings. The Morgan fingerprint density at radius 1 is 0.411 bits per heavy atom. The number of hydrogen-bond donors (Lipinski definition) is 1. The van der Waals surface area contributed by atoms with Crippen LogP contribution in [0, 0.1) is 0 Å². The van der Waals surface area contributed by atoms with Crippen molar-refractivity contribution < 1.29 is 19.4 Å². The molecule has 0 aromatic carbocycles. The Labute approximate surface area is 348 Å². The molecular formula is C52H92O4. The van der Waals surface area contributed by atoms with Crippen LogP contribution in [-0.4, -0.2) is 23.1 Å². The standard InChI is InChI=1S/C52H92O4/c1-3-5-7-9-11-13-15-17-19-20-21-22-23-24-25-26-28-30-32-34-36-41-45-49-52(55)56-50(47-43-39-37-40-44-48-51(53)54)46-42-38-35-33-31-29-27-18-16-14-12-10-8-6-4-2/h5,7,11,13,17,19,21-22,29,31,50H,3-4,6,8-10,12,14-16,18,20,23-28,30,32-49H2,1-2H3,(H,53,54)/b7-5-,13-11-,19-17-,22-21-,31-29-. The van der Waals surface area contributed by atoms with Crippen molar-refractivity contribution in [3.63, 3.8) is 0 Å². The Bertz CT molecular complexity index is 973. The third-order valence-electron chi connectivity index (χ3n) is 10.7. The lowest BCUT2D eigenvalue weighted by atomic mass is 10.0. The largest absolute Gasteiger partial charge is 0.481 e. The molecule has 0 saturated heterocycles. The van der Waals surface area contributed by atoms with Gasteiger partial charge < -0.3 is 9.84 Å². The van der Waals surface area contributed by atoms with E-state index in [1.165, 1.54) is 128 Å². The van der Waals surface area contributed by atoms with Crippen LogP contribution in [0.4, 0.5) is 0 Å². The maximum atomic E-state index is 12.8. The van der Waals surface area contributed by atoms with E-state index in [1.807, 2.05) is 0 Å². The summed E-state index contributed by atoms with van der Waals surface area (Å²) in [6, 6.07) is 0. The molecule has 0 aliphatic carbocycles. The molecule has 0 rings (SSSR count). The number of ether oxygens (including phenoxy) is 1. The zero-order valence-corrected chi connectivity index (χ0v) is 37.2. The summed E-state index contributed by atoms with van der Waals surface area (Å²) in [6.45, 7) is 4.45. The summed E-state index contributed by atoms with van der Waals surface area (Å²) in [5, 5.41) is 8.86. The molecule has 0 aliphatic heterocycles. The lowest BCUT2D eigenvalue weighted by Crippen LogP contribution is -2.18. The van der Waals surface area contributed by atoms with Crippen LogP contribution in [0.1, 0.15) is 251 Å². The van der Waals surface area contributed by atoms with Crippen LogP contribution >= 0.6 is 0 Å². The van der Waals surface area contributed by atoms with E-state index in [4.69, 9.17) is 9.84 Å². The molecule has 4 heteroatoms. The summed E-state index contributed by atoms with van der Waals surface area (Å²) >= 11 is 0. The first-order valence-corrected chi connectivity index (χ1v) is 24.3. The number of carboxylic acid groups (broad SMARTS) is 1. The first-order valence-electron chi connectivity index (χ1n) is 24.3. The van der Waals surface area contributed by atoms with Crippen molar-refractivity contribution in [1.29, 1.82) is 0 Å². The number of allylic oxidation sites excluding steroid dienone is 10. The Hall–Kier alpha value is -2.36. The summed E-state index contributed by atoms with van der Waals surface area (Å²) < 4.78 is 6.04. The fourth-order valence-corrected chi connectivity index (χ4v) is 7.17. The van der Waals surface area contributed by atoms with Crippen molar-refractivity contribution in [2.45, 2.75) is 258 Å². The van der Waals surface area contributed by atoms with Crippen molar-refractivity contribution in [3.8, 4) is 0 Å². The van der Waals surface area contributed by atoms with E-state index in [1.54, 1.807) is 0 Å². The van der Waals surface area contributed by atoms with Gasteiger partial charge in [-0.15, -0.1) is 0 Å². The smallest absolute Gasteiger partial charge is 0.306 e. The van der Waals surface area contributed by atoms with E-state index in [0.29, 0.717) is 6.42 Å². The predicted molar refractivity (Wildman–Crippen MR) is 245 cm³/mol. The maximum Gasteiger partial charge on any atom is 0.306 e. The fraction of sp³-hybridized carbons (Fsp3) is 0.769. The number of aliphatic carboxylic acids is 1. The van der Waals surface area contributed by atoms with Crippen LogP contribution in [0.2, 0.25) is 0 Å². The van der Waals surface area contributed by atoms with Gasteiger partial charge in [-0.3, -0.25) is 9.59 Å². The lowest BCUT2D eigenvalue weighted by molar-refractivity contribution is -0.150. The van der Waals surface area contributed by atoms with Crippen LogP contribution < -0.4 is 0 Å². The number of carbonyl (C=O) groups excluding carboxylic acids is 1. The second kappa shape index (κ2) is 47.0. The van der Waals surface area contributed by atoms with Gasteiger partial charge in [-0.05, 0) is 103 Å². The van der Waals surface area contributed by atoms with Gasteiger partial charge in [0, 0.05) is 12.8 Å². The van der Waals surface area contributed by atoms with E-state index in [2.05, 4.69) is 74.6 Å². The molecule has 0 radical (unpaired) electrons. The summed E-state index contributed by atoms with van der Waals surface area (Å²) in [6.07, 6.45) is 65.5. The minimum atomic E-state index is -0.702. The molecule has 0 aromatic heterocycles. The Kier molecular flexibility index (Phi) is 45.0. The quantitative estimate of drug-likeness (QED) is 0.0380. The molecule has 1 N–H and O–H groups in total. The molecule has 0 aliphatic rings. The average Bonchev–Trinajstić information content (AvgIpc) is 3.19. The van der Waals surface area contributed by atoms with Gasteiger partial charge in [0.25, 0.3) is 0 Å². The van der Waals surface area contributed by atoms with Gasteiger partial charge in [0.05, 0.1) is 0 Å². The third-order valence-corrected chi connectivity index (χ3v) is 10.7. The first-order chi connectivity index (χ1) is 27.6. The molecule has 1 atom stereocenters. The first kappa shape index (κ1) is 53.6. The monoisotopic (exact) mass is 781 g/mol. The normalized spacial score (nSPS) is 12.8. The van der Waals surface area contributed by atoms with Gasteiger partial charge >= 0.3 is 11.9 Å². The van der Waals surface area contributed by atoms with Gasteiger partial charge in [0.15, 0.2) is 0 Å². The van der Waals surface area contributed by atoms with Crippen LogP contribution in [-0.2, 0) is 14.3 Å². The minimum absolute atomic E-state index is 0.00868. The lowest BCUT2D eigenvalue weighted by Gasteiger charge is -2.18. The predicted octanol–water partition coefficient (Wildman–Crippen LogP) is 17.2. The second-order valence-electron chi connectivity index (χ2n) is 16.3. The van der Waals surface area contributed by atoms with Gasteiger partial charge in [-0.2, -0.15) is 0 Å². The topological polar surface area (TPSA) is 63.6 Å². The van der Waals surface area contributed by atoms with E-state index in [0.717, 1.165) is 96.3 Å². The molecule has 0 aromatic rings. The van der Waals surface area contributed by atoms with E-state index in [-0.39, 0.29) is 18.5 Å². The Morgan fingerprint density at radius 3 is 1.20 bits per heavy atom. The van der Waals surface area contributed by atoms with Crippen LogP contribution in [0.5, 0.6) is 0 Å². The zero-order valence-electron chi connectivity index (χ0n) is 37.2. The maximum absolute atomic E-state index is 12.8. The fourth-order valence-electron chi connectivity index (χ4n) is 7.17. The molecule has 56 heavy (non-hydrogen) atoms. The number of esters is 1. The van der Waals surface area contributed by atoms with Gasteiger partial charge in [0.1, 0.15) is 6.10 Å². The van der Waals surface area contributed by atoms with Crippen molar-refractivity contribution in [3.05, 3.63) is 60.8 Å².